The molecule has 1 saturated heterocycles. The van der Waals surface area contributed by atoms with Gasteiger partial charge in [-0.3, -0.25) is 0 Å². The highest BCUT2D eigenvalue weighted by Crippen LogP contribution is 2.18. The molecular formula is C12H16FN3S. The first-order valence-corrected chi connectivity index (χ1v) is 6.18. The summed E-state index contributed by atoms with van der Waals surface area (Å²) in [4.78, 5) is 0.216. The highest BCUT2D eigenvalue weighted by molar-refractivity contribution is 7.80. The fourth-order valence-corrected chi connectivity index (χ4v) is 2.06. The maximum absolute atomic E-state index is 13.8. The van der Waals surface area contributed by atoms with Crippen LogP contribution in [0.4, 0.5) is 10.1 Å². The lowest BCUT2D eigenvalue weighted by Gasteiger charge is -2.28. The number of nitrogens with zero attached hydrogens (tertiary/aromatic N) is 1. The average Bonchev–Trinajstić information content (AvgIpc) is 2.33. The molecule has 0 saturated carbocycles. The molecule has 5 heteroatoms. The summed E-state index contributed by atoms with van der Waals surface area (Å²) >= 11 is 4.81. The smallest absolute Gasteiger partial charge is 0.148 e. The van der Waals surface area contributed by atoms with E-state index in [4.69, 9.17) is 18.0 Å². The summed E-state index contributed by atoms with van der Waals surface area (Å²) < 4.78 is 13.8. The summed E-state index contributed by atoms with van der Waals surface area (Å²) in [5.74, 6) is -0.319. The largest absolute Gasteiger partial charge is 0.389 e. The van der Waals surface area contributed by atoms with Crippen LogP contribution in [0.15, 0.2) is 18.2 Å². The number of benzene rings is 1. The van der Waals surface area contributed by atoms with E-state index in [1.54, 1.807) is 12.1 Å². The van der Waals surface area contributed by atoms with Gasteiger partial charge in [0.1, 0.15) is 10.8 Å². The molecule has 0 aliphatic carbocycles. The Kier molecular flexibility index (Phi) is 3.91. The molecule has 0 atom stereocenters. The lowest BCUT2D eigenvalue weighted by molar-refractivity contribution is 0.272. The minimum absolute atomic E-state index is 0.216. The molecule has 1 aromatic rings. The van der Waals surface area contributed by atoms with E-state index in [0.717, 1.165) is 25.9 Å². The van der Waals surface area contributed by atoms with Crippen LogP contribution in [0.25, 0.3) is 0 Å². The van der Waals surface area contributed by atoms with E-state index in [1.807, 2.05) is 5.01 Å². The second-order valence-corrected chi connectivity index (χ2v) is 4.66. The number of hydrogen-bond donors (Lipinski definition) is 2. The Balaban J connectivity index is 2.08. The van der Waals surface area contributed by atoms with Gasteiger partial charge in [0.15, 0.2) is 0 Å². The van der Waals surface area contributed by atoms with Crippen molar-refractivity contribution in [3.63, 3.8) is 0 Å². The Labute approximate surface area is 106 Å². The van der Waals surface area contributed by atoms with Crippen molar-refractivity contribution in [2.24, 2.45) is 5.73 Å². The predicted molar refractivity (Wildman–Crippen MR) is 71.3 cm³/mol. The van der Waals surface area contributed by atoms with E-state index in [2.05, 4.69) is 5.43 Å². The first-order chi connectivity index (χ1) is 8.16. The van der Waals surface area contributed by atoms with Crippen molar-refractivity contribution in [1.82, 2.24) is 5.01 Å². The van der Waals surface area contributed by atoms with E-state index in [9.17, 15) is 4.39 Å². The fourth-order valence-electron chi connectivity index (χ4n) is 1.94. The molecule has 0 amide bonds. The first kappa shape index (κ1) is 12.3. The van der Waals surface area contributed by atoms with Crippen LogP contribution < -0.4 is 11.2 Å². The fraction of sp³-hybridized carbons (Fsp3) is 0.417. The minimum atomic E-state index is -0.319. The van der Waals surface area contributed by atoms with Gasteiger partial charge in [-0.15, -0.1) is 0 Å². The van der Waals surface area contributed by atoms with Crippen molar-refractivity contribution in [2.45, 2.75) is 19.3 Å². The molecule has 0 spiro atoms. The van der Waals surface area contributed by atoms with Crippen LogP contribution >= 0.6 is 12.2 Å². The maximum Gasteiger partial charge on any atom is 0.148 e. The first-order valence-electron chi connectivity index (χ1n) is 5.78. The quantitative estimate of drug-likeness (QED) is 0.811. The number of hydrazine groups is 1. The second kappa shape index (κ2) is 5.42. The molecule has 3 nitrogen and oxygen atoms in total. The van der Waals surface area contributed by atoms with Crippen LogP contribution in [-0.2, 0) is 0 Å². The number of nitrogens with one attached hydrogen (secondary N) is 1. The zero-order chi connectivity index (χ0) is 12.3. The molecule has 0 aromatic heterocycles. The monoisotopic (exact) mass is 253 g/mol. The molecule has 0 radical (unpaired) electrons. The van der Waals surface area contributed by atoms with Gasteiger partial charge in [0.05, 0.1) is 5.69 Å². The van der Waals surface area contributed by atoms with Gasteiger partial charge in [-0.2, -0.15) is 0 Å². The Morgan fingerprint density at radius 1 is 1.29 bits per heavy atom. The van der Waals surface area contributed by atoms with Crippen LogP contribution in [0.5, 0.6) is 0 Å². The molecule has 0 bridgehead atoms. The highest BCUT2D eigenvalue weighted by Gasteiger charge is 2.12. The number of thiocarbonyl (C=S) groups is 1. The van der Waals surface area contributed by atoms with Gasteiger partial charge < -0.3 is 11.2 Å². The Bertz CT molecular complexity index is 416. The van der Waals surface area contributed by atoms with Gasteiger partial charge in [0, 0.05) is 18.7 Å². The number of rotatable bonds is 3. The summed E-state index contributed by atoms with van der Waals surface area (Å²) in [5.41, 5.74) is 9.58. The summed E-state index contributed by atoms with van der Waals surface area (Å²) in [7, 11) is 0. The third-order valence-electron chi connectivity index (χ3n) is 2.89. The van der Waals surface area contributed by atoms with E-state index in [1.165, 1.54) is 12.5 Å². The summed E-state index contributed by atoms with van der Waals surface area (Å²) in [5, 5.41) is 2.04. The molecular weight excluding hydrogens is 237 g/mol. The third-order valence-corrected chi connectivity index (χ3v) is 3.12. The minimum Gasteiger partial charge on any atom is -0.389 e. The van der Waals surface area contributed by atoms with Crippen LogP contribution in [0.2, 0.25) is 0 Å². The molecule has 92 valence electrons. The van der Waals surface area contributed by atoms with Gasteiger partial charge in [-0.25, -0.2) is 9.40 Å². The summed E-state index contributed by atoms with van der Waals surface area (Å²) in [6.07, 6.45) is 3.56. The van der Waals surface area contributed by atoms with Gasteiger partial charge in [-0.1, -0.05) is 18.6 Å². The zero-order valence-electron chi connectivity index (χ0n) is 9.58. The van der Waals surface area contributed by atoms with Crippen LogP contribution in [0.3, 0.4) is 0 Å². The van der Waals surface area contributed by atoms with Crippen LogP contribution in [0.1, 0.15) is 24.8 Å². The zero-order valence-corrected chi connectivity index (χ0v) is 10.4. The summed E-state index contributed by atoms with van der Waals surface area (Å²) in [6.45, 7) is 1.91. The number of nitrogens with two attached hydrogens (primary N) is 1. The molecule has 1 heterocycles. The molecule has 1 aromatic carbocycles. The van der Waals surface area contributed by atoms with Gasteiger partial charge in [0.2, 0.25) is 0 Å². The van der Waals surface area contributed by atoms with Crippen molar-refractivity contribution >= 4 is 22.9 Å². The lowest BCUT2D eigenvalue weighted by Crippen LogP contribution is -2.35. The maximum atomic E-state index is 13.8. The molecule has 1 fully saturated rings. The molecule has 3 N–H and O–H groups in total. The Morgan fingerprint density at radius 2 is 2.00 bits per heavy atom. The van der Waals surface area contributed by atoms with Crippen molar-refractivity contribution < 1.29 is 4.39 Å². The van der Waals surface area contributed by atoms with Crippen molar-refractivity contribution in [2.75, 3.05) is 18.5 Å². The standard InChI is InChI=1S/C12H16FN3S/c13-10-8-9(12(14)17)4-5-11(10)15-16-6-2-1-3-7-16/h4-5,8,15H,1-3,6-7H2,(H2,14,17). The Morgan fingerprint density at radius 3 is 2.59 bits per heavy atom. The molecule has 1 aliphatic rings. The molecule has 2 rings (SSSR count). The normalized spacial score (nSPS) is 16.8. The number of piperidine rings is 1. The van der Waals surface area contributed by atoms with Crippen LogP contribution in [-0.4, -0.2) is 23.1 Å². The molecule has 0 unspecified atom stereocenters. The average molecular weight is 253 g/mol. The van der Waals surface area contributed by atoms with E-state index < -0.39 is 0 Å². The van der Waals surface area contributed by atoms with E-state index in [0.29, 0.717) is 11.3 Å². The molecule has 17 heavy (non-hydrogen) atoms. The number of halogens is 1. The summed E-state index contributed by atoms with van der Waals surface area (Å²) in [6, 6.07) is 4.78. The second-order valence-electron chi connectivity index (χ2n) is 4.22. The Hall–Kier alpha value is -1.20. The lowest BCUT2D eigenvalue weighted by atomic mass is 10.1. The third kappa shape index (κ3) is 3.14. The van der Waals surface area contributed by atoms with Gasteiger partial charge in [0.25, 0.3) is 0 Å². The highest BCUT2D eigenvalue weighted by atomic mass is 32.1. The van der Waals surface area contributed by atoms with Gasteiger partial charge >= 0.3 is 0 Å². The van der Waals surface area contributed by atoms with E-state index >= 15 is 0 Å². The topological polar surface area (TPSA) is 41.3 Å². The number of anilines is 1. The molecule has 1 aliphatic heterocycles. The SMILES string of the molecule is NC(=S)c1ccc(NN2CCCCC2)c(F)c1. The van der Waals surface area contributed by atoms with Crippen molar-refractivity contribution in [3.05, 3.63) is 29.6 Å². The van der Waals surface area contributed by atoms with Crippen molar-refractivity contribution in [3.8, 4) is 0 Å². The van der Waals surface area contributed by atoms with Crippen molar-refractivity contribution in [1.29, 1.82) is 0 Å². The van der Waals surface area contributed by atoms with E-state index in [-0.39, 0.29) is 10.8 Å². The van der Waals surface area contributed by atoms with Gasteiger partial charge in [-0.05, 0) is 31.0 Å². The van der Waals surface area contributed by atoms with Crippen LogP contribution in [0, 0.1) is 5.82 Å². The predicted octanol–water partition coefficient (Wildman–Crippen LogP) is 2.27. The number of hydrogen-bond acceptors (Lipinski definition) is 3.